The Morgan fingerprint density at radius 1 is 1.27 bits per heavy atom. The van der Waals surface area contributed by atoms with Crippen molar-refractivity contribution in [3.8, 4) is 0 Å². The van der Waals surface area contributed by atoms with Crippen LogP contribution in [0.25, 0.3) is 11.0 Å². The number of rotatable bonds is 2. The van der Waals surface area contributed by atoms with Crippen LogP contribution < -0.4 is 5.63 Å². The Kier molecular flexibility index (Phi) is 4.52. The van der Waals surface area contributed by atoms with E-state index in [0.29, 0.717) is 11.3 Å². The van der Waals surface area contributed by atoms with Crippen LogP contribution in [0.2, 0.25) is 0 Å². The minimum absolute atomic E-state index is 0.338. The number of aryl methyl sites for hydroxylation is 1. The molecule has 1 fully saturated rings. The number of thioether (sulfide) groups is 2. The fourth-order valence-electron chi connectivity index (χ4n) is 2.42. The highest BCUT2D eigenvalue weighted by Crippen LogP contribution is 2.40. The zero-order valence-corrected chi connectivity index (χ0v) is 13.4. The zero-order valence-electron chi connectivity index (χ0n) is 11.8. The molecule has 0 bridgehead atoms. The second kappa shape index (κ2) is 6.25. The molecule has 5 nitrogen and oxygen atoms in total. The average Bonchev–Trinajstić information content (AvgIpc) is 2.48. The van der Waals surface area contributed by atoms with E-state index >= 15 is 0 Å². The van der Waals surface area contributed by atoms with Crippen LogP contribution in [0.1, 0.15) is 5.56 Å². The summed E-state index contributed by atoms with van der Waals surface area (Å²) in [6.07, 6.45) is -3.14. The van der Waals surface area contributed by atoms with Gasteiger partial charge in [0.2, 0.25) is 0 Å². The van der Waals surface area contributed by atoms with Crippen LogP contribution >= 0.6 is 23.5 Å². The number of benzene rings is 1. The number of hydrogen-bond donors (Lipinski definition) is 3. The molecule has 0 radical (unpaired) electrons. The van der Waals surface area contributed by atoms with E-state index in [2.05, 4.69) is 0 Å². The summed E-state index contributed by atoms with van der Waals surface area (Å²) < 4.78 is 4.98. The lowest BCUT2D eigenvalue weighted by atomic mass is 10.1. The molecule has 3 N–H and O–H groups in total. The average molecular weight is 340 g/mol. The molecule has 22 heavy (non-hydrogen) atoms. The number of hydrogen-bond acceptors (Lipinski definition) is 7. The minimum atomic E-state index is -1.16. The fraction of sp³-hybridized carbons (Fsp3) is 0.400. The molecule has 3 rings (SSSR count). The first kappa shape index (κ1) is 15.9. The molecule has 0 aliphatic carbocycles. The van der Waals surface area contributed by atoms with Gasteiger partial charge in [-0.3, -0.25) is 0 Å². The second-order valence-electron chi connectivity index (χ2n) is 5.25. The fourth-order valence-corrected chi connectivity index (χ4v) is 5.14. The maximum Gasteiger partial charge on any atom is 0.336 e. The molecule has 1 aromatic carbocycles. The molecule has 1 saturated heterocycles. The molecule has 1 aromatic heterocycles. The van der Waals surface area contributed by atoms with Crippen LogP contribution in [-0.2, 0) is 0 Å². The Hall–Kier alpha value is -0.990. The van der Waals surface area contributed by atoms with Gasteiger partial charge in [0, 0.05) is 17.2 Å². The molecule has 2 heterocycles. The molecule has 0 amide bonds. The summed E-state index contributed by atoms with van der Waals surface area (Å²) in [7, 11) is 0. The number of fused-ring (bicyclic) bond motifs is 1. The van der Waals surface area contributed by atoms with Crippen molar-refractivity contribution >= 4 is 34.5 Å². The van der Waals surface area contributed by atoms with Gasteiger partial charge in [0.25, 0.3) is 0 Å². The van der Waals surface area contributed by atoms with Gasteiger partial charge >= 0.3 is 5.63 Å². The largest absolute Gasteiger partial charge is 0.422 e. The van der Waals surface area contributed by atoms with Gasteiger partial charge in [-0.25, -0.2) is 4.79 Å². The first-order chi connectivity index (χ1) is 10.5. The van der Waals surface area contributed by atoms with E-state index in [9.17, 15) is 20.1 Å². The van der Waals surface area contributed by atoms with Gasteiger partial charge in [-0.2, -0.15) is 0 Å². The van der Waals surface area contributed by atoms with E-state index in [1.165, 1.54) is 29.6 Å². The SMILES string of the molecule is Cc1cc(=O)oc2c(S[C@@H]3SC[C@@H](O)[C@H](O)[C@H]3O)cccc12. The van der Waals surface area contributed by atoms with Gasteiger partial charge in [0.05, 0.1) is 15.6 Å². The lowest BCUT2D eigenvalue weighted by Gasteiger charge is -2.34. The number of aliphatic hydroxyl groups excluding tert-OH is 3. The van der Waals surface area contributed by atoms with Gasteiger partial charge in [-0.1, -0.05) is 12.1 Å². The molecule has 4 atom stereocenters. The van der Waals surface area contributed by atoms with Crippen molar-refractivity contribution in [3.05, 3.63) is 40.2 Å². The third-order valence-corrected chi connectivity index (χ3v) is 6.56. The van der Waals surface area contributed by atoms with Crippen LogP contribution in [0.5, 0.6) is 0 Å². The summed E-state index contributed by atoms with van der Waals surface area (Å²) in [5.41, 5.74) is 0.914. The minimum Gasteiger partial charge on any atom is -0.422 e. The van der Waals surface area contributed by atoms with E-state index in [0.717, 1.165) is 15.8 Å². The third kappa shape index (κ3) is 2.91. The second-order valence-corrected chi connectivity index (χ2v) is 7.91. The van der Waals surface area contributed by atoms with Crippen molar-refractivity contribution in [2.24, 2.45) is 0 Å². The van der Waals surface area contributed by atoms with E-state index in [1.807, 2.05) is 25.1 Å². The Balaban J connectivity index is 1.96. The summed E-state index contributed by atoms with van der Waals surface area (Å²) in [6.45, 7) is 1.85. The normalized spacial score (nSPS) is 28.9. The lowest BCUT2D eigenvalue weighted by Crippen LogP contribution is -2.47. The highest BCUT2D eigenvalue weighted by atomic mass is 32.2. The van der Waals surface area contributed by atoms with E-state index < -0.39 is 23.9 Å². The molecule has 0 unspecified atom stereocenters. The maximum atomic E-state index is 11.6. The van der Waals surface area contributed by atoms with Crippen LogP contribution in [-0.4, -0.2) is 44.0 Å². The highest BCUT2D eigenvalue weighted by molar-refractivity contribution is 8.17. The lowest BCUT2D eigenvalue weighted by molar-refractivity contribution is -0.0474. The third-order valence-electron chi connectivity index (χ3n) is 3.64. The Bertz CT molecular complexity index is 744. The Morgan fingerprint density at radius 2 is 2.05 bits per heavy atom. The predicted molar refractivity (Wildman–Crippen MR) is 87.3 cm³/mol. The van der Waals surface area contributed by atoms with Crippen molar-refractivity contribution in [1.82, 2.24) is 0 Å². The van der Waals surface area contributed by atoms with Gasteiger partial charge in [-0.05, 0) is 18.6 Å². The van der Waals surface area contributed by atoms with Crippen molar-refractivity contribution in [2.45, 2.75) is 34.7 Å². The van der Waals surface area contributed by atoms with Crippen molar-refractivity contribution in [3.63, 3.8) is 0 Å². The van der Waals surface area contributed by atoms with Gasteiger partial charge < -0.3 is 19.7 Å². The monoisotopic (exact) mass is 340 g/mol. The molecule has 0 saturated carbocycles. The summed E-state index contributed by atoms with van der Waals surface area (Å²) >= 11 is 2.71. The van der Waals surface area contributed by atoms with Crippen LogP contribution in [0.3, 0.4) is 0 Å². The molecule has 1 aliphatic rings. The van der Waals surface area contributed by atoms with Crippen LogP contribution in [0.15, 0.2) is 38.4 Å². The van der Waals surface area contributed by atoms with E-state index in [4.69, 9.17) is 4.42 Å². The molecule has 0 spiro atoms. The quantitative estimate of drug-likeness (QED) is 0.711. The molecule has 2 aromatic rings. The van der Waals surface area contributed by atoms with E-state index in [1.54, 1.807) is 0 Å². The first-order valence-corrected chi connectivity index (χ1v) is 8.76. The van der Waals surface area contributed by atoms with Crippen molar-refractivity contribution in [1.29, 1.82) is 0 Å². The molecule has 7 heteroatoms. The summed E-state index contributed by atoms with van der Waals surface area (Å²) in [4.78, 5) is 12.3. The Morgan fingerprint density at radius 3 is 2.82 bits per heavy atom. The molecule has 1 aliphatic heterocycles. The topological polar surface area (TPSA) is 90.9 Å². The summed E-state index contributed by atoms with van der Waals surface area (Å²) in [5, 5.41) is 30.3. The number of aliphatic hydroxyl groups is 3. The summed E-state index contributed by atoms with van der Waals surface area (Å²) in [5.74, 6) is 0.351. The van der Waals surface area contributed by atoms with Gasteiger partial charge in [0.15, 0.2) is 5.58 Å². The smallest absolute Gasteiger partial charge is 0.336 e. The van der Waals surface area contributed by atoms with Gasteiger partial charge in [0.1, 0.15) is 12.2 Å². The molecular formula is C15H16O5S2. The molecular weight excluding hydrogens is 324 g/mol. The maximum absolute atomic E-state index is 11.6. The van der Waals surface area contributed by atoms with Crippen LogP contribution in [0, 0.1) is 6.92 Å². The van der Waals surface area contributed by atoms with Gasteiger partial charge in [-0.15, -0.1) is 23.5 Å². The molecule has 118 valence electrons. The predicted octanol–water partition coefficient (Wildman–Crippen LogP) is 1.35. The Labute approximate surface area is 135 Å². The zero-order chi connectivity index (χ0) is 15.9. The first-order valence-electron chi connectivity index (χ1n) is 6.83. The van der Waals surface area contributed by atoms with Crippen molar-refractivity contribution in [2.75, 3.05) is 5.75 Å². The van der Waals surface area contributed by atoms with Crippen molar-refractivity contribution < 1.29 is 19.7 Å². The summed E-state index contributed by atoms with van der Waals surface area (Å²) in [6, 6.07) is 7.00. The highest BCUT2D eigenvalue weighted by Gasteiger charge is 2.37. The standard InChI is InChI=1S/C15H16O5S2/c1-7-5-11(17)20-14-8(7)3-2-4-10(14)22-15-13(19)12(18)9(16)6-21-15/h2-5,9,12-13,15-16,18-19H,6H2,1H3/t9-,12+,13-,15+/m1/s1. The number of para-hydroxylation sites is 1. The van der Waals surface area contributed by atoms with E-state index in [-0.39, 0.29) is 4.58 Å². The van der Waals surface area contributed by atoms with Crippen LogP contribution in [0.4, 0.5) is 0 Å².